The fourth-order valence-corrected chi connectivity index (χ4v) is 2.52. The Balaban J connectivity index is 1.72. The van der Waals surface area contributed by atoms with Crippen molar-refractivity contribution in [3.8, 4) is 0 Å². The fourth-order valence-electron chi connectivity index (χ4n) is 2.52. The average Bonchev–Trinajstić information content (AvgIpc) is 3.08. The fraction of sp³-hybridized carbons (Fsp3) is 0.385. The number of aryl methyl sites for hydroxylation is 1. The molecule has 2 aromatic rings. The number of anilines is 1. The topological polar surface area (TPSA) is 88.2 Å². The van der Waals surface area contributed by atoms with Gasteiger partial charge in [0.1, 0.15) is 5.76 Å². The molecule has 1 atom stereocenters. The number of carbonyl (C=O) groups excluding carboxylic acids is 1. The van der Waals surface area contributed by atoms with Crippen molar-refractivity contribution in [2.24, 2.45) is 0 Å². The van der Waals surface area contributed by atoms with Crippen molar-refractivity contribution in [3.05, 3.63) is 35.5 Å². The Morgan fingerprint density at radius 1 is 1.58 bits per heavy atom. The SMILES string of the molecule is Cc1ccc(C(=O)N2CCC(c3[nH]ncc3N)C2)o1. The molecule has 100 valence electrons. The van der Waals surface area contributed by atoms with Crippen LogP contribution in [0.4, 0.5) is 5.69 Å². The molecule has 1 unspecified atom stereocenters. The Morgan fingerprint density at radius 3 is 3.05 bits per heavy atom. The maximum Gasteiger partial charge on any atom is 0.289 e. The second-order valence-electron chi connectivity index (χ2n) is 4.89. The first-order valence-corrected chi connectivity index (χ1v) is 6.29. The molecule has 0 bridgehead atoms. The molecule has 0 radical (unpaired) electrons. The van der Waals surface area contributed by atoms with Crippen LogP contribution in [0.2, 0.25) is 0 Å². The largest absolute Gasteiger partial charge is 0.456 e. The van der Waals surface area contributed by atoms with Crippen LogP contribution in [0.1, 0.15) is 34.3 Å². The van der Waals surface area contributed by atoms with Crippen LogP contribution in [-0.4, -0.2) is 34.1 Å². The summed E-state index contributed by atoms with van der Waals surface area (Å²) in [7, 11) is 0. The van der Waals surface area contributed by atoms with Crippen LogP contribution >= 0.6 is 0 Å². The molecule has 3 rings (SSSR count). The summed E-state index contributed by atoms with van der Waals surface area (Å²) in [5.41, 5.74) is 7.42. The number of nitrogen functional groups attached to an aromatic ring is 1. The summed E-state index contributed by atoms with van der Waals surface area (Å²) in [6.45, 7) is 3.18. The maximum absolute atomic E-state index is 12.2. The third-order valence-electron chi connectivity index (χ3n) is 3.53. The molecular formula is C13H16N4O2. The molecule has 3 N–H and O–H groups in total. The molecular weight excluding hydrogens is 244 g/mol. The standard InChI is InChI=1S/C13H16N4O2/c1-8-2-3-11(19-8)13(18)17-5-4-9(7-17)12-10(14)6-15-16-12/h2-3,6,9H,4-5,7,14H2,1H3,(H,15,16). The highest BCUT2D eigenvalue weighted by atomic mass is 16.3. The second kappa shape index (κ2) is 4.46. The summed E-state index contributed by atoms with van der Waals surface area (Å²) in [6.07, 6.45) is 2.49. The smallest absolute Gasteiger partial charge is 0.289 e. The molecule has 19 heavy (non-hydrogen) atoms. The summed E-state index contributed by atoms with van der Waals surface area (Å²) in [6, 6.07) is 3.52. The van der Waals surface area contributed by atoms with Crippen LogP contribution in [0.5, 0.6) is 0 Å². The Morgan fingerprint density at radius 2 is 2.42 bits per heavy atom. The lowest BCUT2D eigenvalue weighted by atomic mass is 10.0. The first-order valence-electron chi connectivity index (χ1n) is 6.29. The van der Waals surface area contributed by atoms with E-state index < -0.39 is 0 Å². The van der Waals surface area contributed by atoms with Gasteiger partial charge in [-0.2, -0.15) is 5.10 Å². The predicted octanol–water partition coefficient (Wildman–Crippen LogP) is 1.52. The Kier molecular flexibility index (Phi) is 2.77. The number of carbonyl (C=O) groups is 1. The molecule has 6 heteroatoms. The summed E-state index contributed by atoms with van der Waals surface area (Å²) >= 11 is 0. The van der Waals surface area contributed by atoms with Gasteiger partial charge in [-0.15, -0.1) is 0 Å². The Labute approximate surface area is 110 Å². The summed E-state index contributed by atoms with van der Waals surface area (Å²) < 4.78 is 5.37. The highest BCUT2D eigenvalue weighted by Gasteiger charge is 2.31. The van der Waals surface area contributed by atoms with E-state index in [-0.39, 0.29) is 11.8 Å². The number of nitrogens with zero attached hydrogens (tertiary/aromatic N) is 2. The van der Waals surface area contributed by atoms with Gasteiger partial charge in [0, 0.05) is 19.0 Å². The van der Waals surface area contributed by atoms with E-state index in [2.05, 4.69) is 10.2 Å². The number of aromatic nitrogens is 2. The zero-order valence-electron chi connectivity index (χ0n) is 10.7. The molecule has 2 aromatic heterocycles. The molecule has 1 saturated heterocycles. The van der Waals surface area contributed by atoms with E-state index in [1.807, 2.05) is 6.92 Å². The quantitative estimate of drug-likeness (QED) is 0.857. The van der Waals surface area contributed by atoms with E-state index in [1.54, 1.807) is 23.2 Å². The first-order chi connectivity index (χ1) is 9.15. The number of hydrogen-bond donors (Lipinski definition) is 2. The lowest BCUT2D eigenvalue weighted by Crippen LogP contribution is -2.28. The maximum atomic E-state index is 12.2. The van der Waals surface area contributed by atoms with Gasteiger partial charge in [-0.05, 0) is 25.5 Å². The number of nitrogens with one attached hydrogen (secondary N) is 1. The minimum atomic E-state index is -0.0614. The van der Waals surface area contributed by atoms with Crippen LogP contribution in [-0.2, 0) is 0 Å². The van der Waals surface area contributed by atoms with Crippen LogP contribution < -0.4 is 5.73 Å². The lowest BCUT2D eigenvalue weighted by molar-refractivity contribution is 0.0757. The predicted molar refractivity (Wildman–Crippen MR) is 69.7 cm³/mol. The number of aromatic amines is 1. The van der Waals surface area contributed by atoms with Crippen LogP contribution in [0.15, 0.2) is 22.7 Å². The molecule has 0 aromatic carbocycles. The van der Waals surface area contributed by atoms with Crippen molar-refractivity contribution in [1.29, 1.82) is 0 Å². The molecule has 1 amide bonds. The van der Waals surface area contributed by atoms with Gasteiger partial charge >= 0.3 is 0 Å². The normalized spacial score (nSPS) is 19.0. The minimum Gasteiger partial charge on any atom is -0.456 e. The van der Waals surface area contributed by atoms with Crippen molar-refractivity contribution in [3.63, 3.8) is 0 Å². The molecule has 6 nitrogen and oxygen atoms in total. The summed E-state index contributed by atoms with van der Waals surface area (Å²) in [4.78, 5) is 14.0. The van der Waals surface area contributed by atoms with Gasteiger partial charge in [0.25, 0.3) is 5.91 Å². The van der Waals surface area contributed by atoms with Gasteiger partial charge in [0.15, 0.2) is 5.76 Å². The van der Waals surface area contributed by atoms with Crippen LogP contribution in [0.3, 0.4) is 0 Å². The zero-order valence-corrected chi connectivity index (χ0v) is 10.7. The van der Waals surface area contributed by atoms with Gasteiger partial charge in [-0.25, -0.2) is 0 Å². The molecule has 1 aliphatic rings. The molecule has 0 saturated carbocycles. The van der Waals surface area contributed by atoms with Gasteiger partial charge in [0.2, 0.25) is 0 Å². The Bertz CT molecular complexity index is 601. The minimum absolute atomic E-state index is 0.0614. The summed E-state index contributed by atoms with van der Waals surface area (Å²) in [5, 5.41) is 6.84. The number of furan rings is 1. The van der Waals surface area contributed by atoms with E-state index in [9.17, 15) is 4.79 Å². The van der Waals surface area contributed by atoms with E-state index in [1.165, 1.54) is 0 Å². The van der Waals surface area contributed by atoms with Crippen LogP contribution in [0, 0.1) is 6.92 Å². The number of H-pyrrole nitrogens is 1. The molecule has 1 fully saturated rings. The third-order valence-corrected chi connectivity index (χ3v) is 3.53. The second-order valence-corrected chi connectivity index (χ2v) is 4.89. The van der Waals surface area contributed by atoms with Crippen molar-refractivity contribution in [2.45, 2.75) is 19.3 Å². The van der Waals surface area contributed by atoms with Gasteiger partial charge in [0.05, 0.1) is 17.6 Å². The van der Waals surface area contributed by atoms with E-state index in [0.717, 1.165) is 17.9 Å². The van der Waals surface area contributed by atoms with Crippen molar-refractivity contribution in [1.82, 2.24) is 15.1 Å². The van der Waals surface area contributed by atoms with E-state index in [0.29, 0.717) is 24.5 Å². The zero-order chi connectivity index (χ0) is 13.4. The number of rotatable bonds is 2. The lowest BCUT2D eigenvalue weighted by Gasteiger charge is -2.14. The highest BCUT2D eigenvalue weighted by Crippen LogP contribution is 2.30. The van der Waals surface area contributed by atoms with Crippen molar-refractivity contribution < 1.29 is 9.21 Å². The van der Waals surface area contributed by atoms with Gasteiger partial charge in [-0.3, -0.25) is 9.89 Å². The van der Waals surface area contributed by atoms with E-state index in [4.69, 9.17) is 10.2 Å². The number of likely N-dealkylation sites (tertiary alicyclic amines) is 1. The monoisotopic (exact) mass is 260 g/mol. The molecule has 1 aliphatic heterocycles. The van der Waals surface area contributed by atoms with Gasteiger partial charge in [-0.1, -0.05) is 0 Å². The molecule has 0 aliphatic carbocycles. The van der Waals surface area contributed by atoms with Crippen molar-refractivity contribution in [2.75, 3.05) is 18.8 Å². The molecule has 3 heterocycles. The van der Waals surface area contributed by atoms with Crippen LogP contribution in [0.25, 0.3) is 0 Å². The van der Waals surface area contributed by atoms with Gasteiger partial charge < -0.3 is 15.1 Å². The highest BCUT2D eigenvalue weighted by molar-refractivity contribution is 5.91. The van der Waals surface area contributed by atoms with Crippen molar-refractivity contribution >= 4 is 11.6 Å². The van der Waals surface area contributed by atoms with E-state index >= 15 is 0 Å². The first kappa shape index (κ1) is 11.8. The third kappa shape index (κ3) is 2.09. The summed E-state index contributed by atoms with van der Waals surface area (Å²) in [5.74, 6) is 1.31. The molecule has 0 spiro atoms. The Hall–Kier alpha value is -2.24. The average molecular weight is 260 g/mol. The number of amides is 1. The number of hydrogen-bond acceptors (Lipinski definition) is 4. The number of nitrogens with two attached hydrogens (primary N) is 1.